The average Bonchev–Trinajstić information content (AvgIpc) is 2.91. The third kappa shape index (κ3) is 3.61. The zero-order chi connectivity index (χ0) is 15.7. The molecule has 0 aromatic carbocycles. The molecule has 0 bridgehead atoms. The molecule has 0 aliphatic heterocycles. The third-order valence-electron chi connectivity index (χ3n) is 2.71. The Morgan fingerprint density at radius 1 is 1.19 bits per heavy atom. The molecule has 0 saturated carbocycles. The SMILES string of the molecule is CC(C)(Nc1cc(C(F)(F)F)cc(NN)n1)c1nccs1. The topological polar surface area (TPSA) is 75.9 Å². The van der Waals surface area contributed by atoms with Gasteiger partial charge < -0.3 is 10.7 Å². The lowest BCUT2D eigenvalue weighted by Gasteiger charge is -2.25. The van der Waals surface area contributed by atoms with Crippen LogP contribution in [0.1, 0.15) is 24.4 Å². The largest absolute Gasteiger partial charge is 0.416 e. The molecule has 0 aliphatic rings. The van der Waals surface area contributed by atoms with Crippen LogP contribution in [0, 0.1) is 0 Å². The maximum absolute atomic E-state index is 12.9. The summed E-state index contributed by atoms with van der Waals surface area (Å²) < 4.78 is 38.6. The van der Waals surface area contributed by atoms with Crippen LogP contribution in [0.4, 0.5) is 24.8 Å². The first kappa shape index (κ1) is 15.5. The average molecular weight is 317 g/mol. The Morgan fingerprint density at radius 2 is 1.86 bits per heavy atom. The van der Waals surface area contributed by atoms with E-state index < -0.39 is 17.3 Å². The Kier molecular flexibility index (Phi) is 4.06. The summed E-state index contributed by atoms with van der Waals surface area (Å²) >= 11 is 1.40. The quantitative estimate of drug-likeness (QED) is 0.596. The van der Waals surface area contributed by atoms with E-state index in [2.05, 4.69) is 20.7 Å². The summed E-state index contributed by atoms with van der Waals surface area (Å²) in [6, 6.07) is 1.79. The lowest BCUT2D eigenvalue weighted by atomic mass is 10.1. The van der Waals surface area contributed by atoms with E-state index in [4.69, 9.17) is 5.84 Å². The van der Waals surface area contributed by atoms with Crippen LogP contribution in [0.2, 0.25) is 0 Å². The highest BCUT2D eigenvalue weighted by Gasteiger charge is 2.32. The molecule has 114 valence electrons. The van der Waals surface area contributed by atoms with Crippen LogP contribution in [0.3, 0.4) is 0 Å². The van der Waals surface area contributed by atoms with Gasteiger partial charge in [-0.05, 0) is 26.0 Å². The number of nitrogens with one attached hydrogen (secondary N) is 2. The van der Waals surface area contributed by atoms with Crippen LogP contribution in [0.15, 0.2) is 23.7 Å². The molecule has 0 radical (unpaired) electrons. The molecule has 2 heterocycles. The van der Waals surface area contributed by atoms with Gasteiger partial charge in [0.1, 0.15) is 16.6 Å². The van der Waals surface area contributed by atoms with Crippen LogP contribution in [-0.2, 0) is 11.7 Å². The molecular weight excluding hydrogens is 303 g/mol. The van der Waals surface area contributed by atoms with Gasteiger partial charge in [0, 0.05) is 11.6 Å². The fraction of sp³-hybridized carbons (Fsp3) is 0.333. The molecule has 9 heteroatoms. The predicted octanol–water partition coefficient (Wildman–Crippen LogP) is 3.19. The van der Waals surface area contributed by atoms with E-state index in [1.54, 1.807) is 11.6 Å². The number of nitrogen functional groups attached to an aromatic ring is 1. The Labute approximate surface area is 123 Å². The molecule has 0 unspecified atom stereocenters. The highest BCUT2D eigenvalue weighted by molar-refractivity contribution is 7.09. The number of hydrogen-bond donors (Lipinski definition) is 3. The summed E-state index contributed by atoms with van der Waals surface area (Å²) in [5.74, 6) is 5.17. The summed E-state index contributed by atoms with van der Waals surface area (Å²) in [6.45, 7) is 3.62. The minimum atomic E-state index is -4.48. The van der Waals surface area contributed by atoms with Gasteiger partial charge in [-0.15, -0.1) is 11.3 Å². The second kappa shape index (κ2) is 5.49. The number of pyridine rings is 1. The Bertz CT molecular complexity index is 610. The molecular formula is C12H14F3N5S. The van der Waals surface area contributed by atoms with E-state index >= 15 is 0 Å². The second-order valence-corrected chi connectivity index (χ2v) is 5.75. The molecule has 0 fully saturated rings. The van der Waals surface area contributed by atoms with Crippen LogP contribution in [0.5, 0.6) is 0 Å². The number of thiazole rings is 1. The Morgan fingerprint density at radius 3 is 2.38 bits per heavy atom. The number of aromatic nitrogens is 2. The summed E-state index contributed by atoms with van der Waals surface area (Å²) in [5, 5.41) is 5.49. The van der Waals surface area contributed by atoms with Crippen molar-refractivity contribution in [2.75, 3.05) is 10.7 Å². The zero-order valence-corrected chi connectivity index (χ0v) is 12.1. The van der Waals surface area contributed by atoms with Gasteiger partial charge in [-0.25, -0.2) is 15.8 Å². The van der Waals surface area contributed by atoms with Crippen LogP contribution in [0.25, 0.3) is 0 Å². The van der Waals surface area contributed by atoms with E-state index in [-0.39, 0.29) is 11.6 Å². The van der Waals surface area contributed by atoms with E-state index in [0.717, 1.165) is 17.1 Å². The van der Waals surface area contributed by atoms with Crippen LogP contribution in [-0.4, -0.2) is 9.97 Å². The van der Waals surface area contributed by atoms with Gasteiger partial charge in [-0.3, -0.25) is 0 Å². The molecule has 21 heavy (non-hydrogen) atoms. The van der Waals surface area contributed by atoms with Crippen molar-refractivity contribution in [3.63, 3.8) is 0 Å². The number of rotatable bonds is 4. The van der Waals surface area contributed by atoms with E-state index in [1.807, 2.05) is 13.8 Å². The molecule has 2 aromatic heterocycles. The molecule has 5 nitrogen and oxygen atoms in total. The Hall–Kier alpha value is -1.87. The molecule has 2 rings (SSSR count). The molecule has 4 N–H and O–H groups in total. The Balaban J connectivity index is 2.36. The summed E-state index contributed by atoms with van der Waals surface area (Å²) in [7, 11) is 0. The molecule has 0 atom stereocenters. The summed E-state index contributed by atoms with van der Waals surface area (Å²) in [6.07, 6.45) is -2.84. The van der Waals surface area contributed by atoms with Gasteiger partial charge in [0.2, 0.25) is 0 Å². The van der Waals surface area contributed by atoms with Gasteiger partial charge in [-0.1, -0.05) is 0 Å². The highest BCUT2D eigenvalue weighted by Crippen LogP contribution is 2.33. The van der Waals surface area contributed by atoms with Crippen molar-refractivity contribution in [1.82, 2.24) is 9.97 Å². The van der Waals surface area contributed by atoms with E-state index in [9.17, 15) is 13.2 Å². The number of hydrazine groups is 1. The van der Waals surface area contributed by atoms with Crippen molar-refractivity contribution in [2.45, 2.75) is 25.6 Å². The van der Waals surface area contributed by atoms with Gasteiger partial charge in [0.25, 0.3) is 0 Å². The minimum absolute atomic E-state index is 0.0673. The molecule has 0 aliphatic carbocycles. The maximum Gasteiger partial charge on any atom is 0.416 e. The van der Waals surface area contributed by atoms with Crippen molar-refractivity contribution >= 4 is 23.0 Å². The first-order chi connectivity index (χ1) is 9.72. The van der Waals surface area contributed by atoms with Crippen molar-refractivity contribution in [2.24, 2.45) is 5.84 Å². The minimum Gasteiger partial charge on any atom is -0.359 e. The monoisotopic (exact) mass is 317 g/mol. The predicted molar refractivity (Wildman–Crippen MR) is 75.8 cm³/mol. The zero-order valence-electron chi connectivity index (χ0n) is 11.3. The van der Waals surface area contributed by atoms with Gasteiger partial charge in [0.05, 0.1) is 11.1 Å². The number of anilines is 2. The van der Waals surface area contributed by atoms with Crippen molar-refractivity contribution in [3.8, 4) is 0 Å². The lowest BCUT2D eigenvalue weighted by molar-refractivity contribution is -0.137. The number of halogens is 3. The fourth-order valence-corrected chi connectivity index (χ4v) is 2.46. The van der Waals surface area contributed by atoms with Gasteiger partial charge in [-0.2, -0.15) is 13.2 Å². The lowest BCUT2D eigenvalue weighted by Crippen LogP contribution is -2.28. The maximum atomic E-state index is 12.9. The van der Waals surface area contributed by atoms with E-state index in [1.165, 1.54) is 11.3 Å². The third-order valence-corrected chi connectivity index (χ3v) is 3.80. The van der Waals surface area contributed by atoms with Crippen molar-refractivity contribution in [3.05, 3.63) is 34.3 Å². The number of alkyl halides is 3. The van der Waals surface area contributed by atoms with Crippen LogP contribution >= 0.6 is 11.3 Å². The van der Waals surface area contributed by atoms with Gasteiger partial charge >= 0.3 is 6.18 Å². The van der Waals surface area contributed by atoms with Crippen molar-refractivity contribution in [1.29, 1.82) is 0 Å². The normalized spacial score (nSPS) is 12.3. The molecule has 2 aromatic rings. The molecule has 0 saturated heterocycles. The van der Waals surface area contributed by atoms with Crippen molar-refractivity contribution < 1.29 is 13.2 Å². The molecule has 0 amide bonds. The summed E-state index contributed by atoms with van der Waals surface area (Å²) in [4.78, 5) is 8.15. The van der Waals surface area contributed by atoms with E-state index in [0.29, 0.717) is 0 Å². The standard InChI is InChI=1S/C12H14F3N5S/c1-11(2,10-17-3-4-21-10)19-8-5-7(12(13,14)15)6-9(18-8)20-16/h3-6H,16H2,1-2H3,(H2,18,19,20). The highest BCUT2D eigenvalue weighted by atomic mass is 32.1. The fourth-order valence-electron chi connectivity index (χ4n) is 1.74. The smallest absolute Gasteiger partial charge is 0.359 e. The number of nitrogens with two attached hydrogens (primary N) is 1. The summed E-state index contributed by atoms with van der Waals surface area (Å²) in [5.41, 5.74) is 0.650. The first-order valence-corrected chi connectivity index (χ1v) is 6.84. The van der Waals surface area contributed by atoms with Gasteiger partial charge in [0.15, 0.2) is 0 Å². The number of nitrogens with zero attached hydrogens (tertiary/aromatic N) is 2. The molecule has 0 spiro atoms. The first-order valence-electron chi connectivity index (χ1n) is 5.96. The second-order valence-electron chi connectivity index (χ2n) is 4.86. The van der Waals surface area contributed by atoms with Crippen LogP contribution < -0.4 is 16.6 Å². The number of hydrogen-bond acceptors (Lipinski definition) is 6.